The summed E-state index contributed by atoms with van der Waals surface area (Å²) < 4.78 is 23.6. The first-order valence-electron chi connectivity index (χ1n) is 7.35. The van der Waals surface area contributed by atoms with Crippen molar-refractivity contribution in [1.82, 2.24) is 5.32 Å². The van der Waals surface area contributed by atoms with Crippen LogP contribution in [0.1, 0.15) is 53.4 Å². The number of hydrogen-bond acceptors (Lipinski definition) is 4. The van der Waals surface area contributed by atoms with Gasteiger partial charge in [-0.05, 0) is 25.7 Å². The fourth-order valence-electron chi connectivity index (χ4n) is 2.30. The summed E-state index contributed by atoms with van der Waals surface area (Å²) in [6, 6.07) is 0. The van der Waals surface area contributed by atoms with E-state index in [-0.39, 0.29) is 5.75 Å². The van der Waals surface area contributed by atoms with Crippen LogP contribution in [0.5, 0.6) is 0 Å². The van der Waals surface area contributed by atoms with Gasteiger partial charge in [-0.15, -0.1) is 0 Å². The fraction of sp³-hybridized carbons (Fsp3) is 0.929. The lowest BCUT2D eigenvalue weighted by molar-refractivity contribution is -0.120. The molecule has 6 heteroatoms. The fourth-order valence-corrected chi connectivity index (χ4v) is 3.56. The molecule has 0 aromatic carbocycles. The van der Waals surface area contributed by atoms with Crippen LogP contribution in [-0.4, -0.2) is 37.9 Å². The SMILES string of the molecule is CCCCCS(=O)(=O)CC(=O)NC(C)(CN)CC(C)C. The van der Waals surface area contributed by atoms with Gasteiger partial charge in [-0.25, -0.2) is 8.42 Å². The summed E-state index contributed by atoms with van der Waals surface area (Å²) >= 11 is 0. The van der Waals surface area contributed by atoms with E-state index in [0.717, 1.165) is 19.3 Å². The van der Waals surface area contributed by atoms with E-state index in [2.05, 4.69) is 5.32 Å². The van der Waals surface area contributed by atoms with Gasteiger partial charge in [0, 0.05) is 12.1 Å². The molecule has 1 unspecified atom stereocenters. The Labute approximate surface area is 123 Å². The molecule has 1 amide bonds. The molecule has 0 fully saturated rings. The molecule has 0 spiro atoms. The van der Waals surface area contributed by atoms with E-state index >= 15 is 0 Å². The van der Waals surface area contributed by atoms with Crippen molar-refractivity contribution in [2.24, 2.45) is 11.7 Å². The van der Waals surface area contributed by atoms with Gasteiger partial charge >= 0.3 is 0 Å². The number of hydrogen-bond donors (Lipinski definition) is 2. The summed E-state index contributed by atoms with van der Waals surface area (Å²) in [5.74, 6) is -0.428. The first-order valence-corrected chi connectivity index (χ1v) is 9.18. The summed E-state index contributed by atoms with van der Waals surface area (Å²) in [5.41, 5.74) is 5.16. The summed E-state index contributed by atoms with van der Waals surface area (Å²) in [7, 11) is -3.31. The van der Waals surface area contributed by atoms with Crippen LogP contribution in [-0.2, 0) is 14.6 Å². The van der Waals surface area contributed by atoms with Crippen LogP contribution in [0, 0.1) is 5.92 Å². The highest BCUT2D eigenvalue weighted by atomic mass is 32.2. The van der Waals surface area contributed by atoms with E-state index in [1.54, 1.807) is 0 Å². The van der Waals surface area contributed by atoms with Crippen molar-refractivity contribution in [1.29, 1.82) is 0 Å². The quantitative estimate of drug-likeness (QED) is 0.598. The Hall–Kier alpha value is -0.620. The van der Waals surface area contributed by atoms with Crippen molar-refractivity contribution < 1.29 is 13.2 Å². The number of carbonyl (C=O) groups excluding carboxylic acids is 1. The van der Waals surface area contributed by atoms with Gasteiger partial charge in [0.15, 0.2) is 9.84 Å². The van der Waals surface area contributed by atoms with Crippen molar-refractivity contribution in [3.8, 4) is 0 Å². The minimum absolute atomic E-state index is 0.0811. The third kappa shape index (κ3) is 8.53. The first-order chi connectivity index (χ1) is 9.14. The Balaban J connectivity index is 4.46. The molecule has 20 heavy (non-hydrogen) atoms. The molecule has 0 saturated heterocycles. The maximum Gasteiger partial charge on any atom is 0.235 e. The van der Waals surface area contributed by atoms with Crippen LogP contribution in [0.25, 0.3) is 0 Å². The first kappa shape index (κ1) is 19.4. The van der Waals surface area contributed by atoms with Gasteiger partial charge in [0.2, 0.25) is 5.91 Å². The van der Waals surface area contributed by atoms with Gasteiger partial charge in [0.1, 0.15) is 5.75 Å². The zero-order chi connectivity index (χ0) is 15.8. The zero-order valence-corrected chi connectivity index (χ0v) is 14.1. The van der Waals surface area contributed by atoms with Crippen LogP contribution in [0.3, 0.4) is 0 Å². The molecule has 0 bridgehead atoms. The van der Waals surface area contributed by atoms with Crippen molar-refractivity contribution in [3.05, 3.63) is 0 Å². The van der Waals surface area contributed by atoms with Gasteiger partial charge in [-0.2, -0.15) is 0 Å². The maximum absolute atomic E-state index is 11.9. The van der Waals surface area contributed by atoms with Crippen molar-refractivity contribution in [3.63, 3.8) is 0 Å². The van der Waals surface area contributed by atoms with Crippen LogP contribution in [0.2, 0.25) is 0 Å². The molecule has 0 rings (SSSR count). The number of unbranched alkanes of at least 4 members (excludes halogenated alkanes) is 2. The second-order valence-corrected chi connectivity index (χ2v) is 8.39. The van der Waals surface area contributed by atoms with E-state index in [1.807, 2.05) is 27.7 Å². The monoisotopic (exact) mass is 306 g/mol. The lowest BCUT2D eigenvalue weighted by atomic mass is 9.91. The Morgan fingerprint density at radius 2 is 1.90 bits per heavy atom. The predicted octanol–water partition coefficient (Wildman–Crippen LogP) is 1.47. The molecule has 1 atom stereocenters. The standard InChI is InChI=1S/C14H30N2O3S/c1-5-6-7-8-20(18,19)10-13(17)16-14(4,11-15)9-12(2)3/h12H,5-11,15H2,1-4H3,(H,16,17). The van der Waals surface area contributed by atoms with Crippen LogP contribution in [0.15, 0.2) is 0 Å². The predicted molar refractivity (Wildman–Crippen MR) is 83.2 cm³/mol. The molecule has 0 aliphatic carbocycles. The average Bonchev–Trinajstić information content (AvgIpc) is 2.26. The van der Waals surface area contributed by atoms with E-state index in [9.17, 15) is 13.2 Å². The molecule has 0 aliphatic heterocycles. The summed E-state index contributed by atoms with van der Waals surface area (Å²) in [6.07, 6.45) is 3.17. The molecular weight excluding hydrogens is 276 g/mol. The molecule has 3 N–H and O–H groups in total. The van der Waals surface area contributed by atoms with Crippen LogP contribution in [0.4, 0.5) is 0 Å². The number of sulfone groups is 1. The molecule has 0 saturated carbocycles. The molecule has 0 aromatic rings. The molecule has 0 heterocycles. The lowest BCUT2D eigenvalue weighted by Crippen LogP contribution is -2.53. The van der Waals surface area contributed by atoms with Gasteiger partial charge in [-0.1, -0.05) is 33.6 Å². The largest absolute Gasteiger partial charge is 0.349 e. The highest BCUT2D eigenvalue weighted by Crippen LogP contribution is 2.15. The number of nitrogens with two attached hydrogens (primary N) is 1. The molecule has 0 aromatic heterocycles. The normalized spacial score (nSPS) is 15.1. The summed E-state index contributed by atoms with van der Waals surface area (Å²) in [4.78, 5) is 11.9. The highest BCUT2D eigenvalue weighted by molar-refractivity contribution is 7.92. The average molecular weight is 306 g/mol. The highest BCUT2D eigenvalue weighted by Gasteiger charge is 2.27. The third-order valence-electron chi connectivity index (χ3n) is 3.16. The van der Waals surface area contributed by atoms with E-state index in [1.165, 1.54) is 0 Å². The molecule has 120 valence electrons. The Morgan fingerprint density at radius 3 is 2.35 bits per heavy atom. The van der Waals surface area contributed by atoms with Gasteiger partial charge in [-0.3, -0.25) is 4.79 Å². The van der Waals surface area contributed by atoms with E-state index in [4.69, 9.17) is 5.73 Å². The lowest BCUT2D eigenvalue weighted by Gasteiger charge is -2.31. The van der Waals surface area contributed by atoms with Gasteiger partial charge in [0.25, 0.3) is 0 Å². The minimum Gasteiger partial charge on any atom is -0.349 e. The van der Waals surface area contributed by atoms with E-state index in [0.29, 0.717) is 18.9 Å². The van der Waals surface area contributed by atoms with Gasteiger partial charge < -0.3 is 11.1 Å². The topological polar surface area (TPSA) is 89.3 Å². The minimum atomic E-state index is -3.31. The third-order valence-corrected chi connectivity index (χ3v) is 4.77. The van der Waals surface area contributed by atoms with Gasteiger partial charge in [0.05, 0.1) is 5.75 Å². The smallest absolute Gasteiger partial charge is 0.235 e. The van der Waals surface area contributed by atoms with Crippen LogP contribution >= 0.6 is 0 Å². The van der Waals surface area contributed by atoms with E-state index < -0.39 is 27.0 Å². The van der Waals surface area contributed by atoms with Crippen LogP contribution < -0.4 is 11.1 Å². The second kappa shape index (κ2) is 8.62. The molecule has 5 nitrogen and oxygen atoms in total. The maximum atomic E-state index is 11.9. The summed E-state index contributed by atoms with van der Waals surface area (Å²) in [6.45, 7) is 8.25. The molecule has 0 radical (unpaired) electrons. The number of nitrogens with one attached hydrogen (secondary N) is 1. The number of carbonyl (C=O) groups is 1. The zero-order valence-electron chi connectivity index (χ0n) is 13.2. The Bertz CT molecular complexity index is 393. The Morgan fingerprint density at radius 1 is 1.30 bits per heavy atom. The van der Waals surface area contributed by atoms with Crippen molar-refractivity contribution >= 4 is 15.7 Å². The Kier molecular flexibility index (Phi) is 8.35. The van der Waals surface area contributed by atoms with Crippen molar-refractivity contribution in [2.75, 3.05) is 18.1 Å². The molecular formula is C14H30N2O3S. The van der Waals surface area contributed by atoms with Crippen molar-refractivity contribution in [2.45, 2.75) is 58.9 Å². The number of rotatable bonds is 10. The number of amides is 1. The second-order valence-electron chi connectivity index (χ2n) is 6.21. The summed E-state index contributed by atoms with van der Waals surface area (Å²) in [5, 5.41) is 2.78. The molecule has 0 aliphatic rings.